The summed E-state index contributed by atoms with van der Waals surface area (Å²) in [6.07, 6.45) is 4.46. The van der Waals surface area contributed by atoms with Crippen molar-refractivity contribution in [1.82, 2.24) is 19.7 Å². The molecular formula is C17H23ClN6O4S. The van der Waals surface area contributed by atoms with E-state index in [4.69, 9.17) is 21.1 Å². The van der Waals surface area contributed by atoms with E-state index < -0.39 is 9.84 Å². The van der Waals surface area contributed by atoms with Gasteiger partial charge in [0.15, 0.2) is 15.7 Å². The Morgan fingerprint density at radius 2 is 2.07 bits per heavy atom. The van der Waals surface area contributed by atoms with Gasteiger partial charge in [-0.2, -0.15) is 10.1 Å². The van der Waals surface area contributed by atoms with Gasteiger partial charge in [-0.3, -0.25) is 4.68 Å². The molecule has 2 aromatic heterocycles. The van der Waals surface area contributed by atoms with Crippen LogP contribution in [0.4, 0.5) is 17.5 Å². The monoisotopic (exact) mass is 442 g/mol. The summed E-state index contributed by atoms with van der Waals surface area (Å²) in [6, 6.07) is -0.187. The Labute approximate surface area is 173 Å². The van der Waals surface area contributed by atoms with Crippen molar-refractivity contribution in [3.05, 3.63) is 23.6 Å². The molecule has 4 atom stereocenters. The number of rotatable bonds is 7. The highest BCUT2D eigenvalue weighted by atomic mass is 35.5. The van der Waals surface area contributed by atoms with Crippen LogP contribution in [0.2, 0.25) is 5.02 Å². The molecule has 2 N–H and O–H groups in total. The quantitative estimate of drug-likeness (QED) is 0.652. The maximum Gasteiger partial charge on any atom is 0.229 e. The maximum atomic E-state index is 12.0. The first-order valence-electron chi connectivity index (χ1n) is 9.33. The Balaban J connectivity index is 1.44. The third-order valence-corrected chi connectivity index (χ3v) is 7.18. The Morgan fingerprint density at radius 1 is 1.28 bits per heavy atom. The number of sulfone groups is 1. The molecule has 0 aliphatic carbocycles. The molecule has 10 nitrogen and oxygen atoms in total. The van der Waals surface area contributed by atoms with Crippen LogP contribution in [0.1, 0.15) is 6.92 Å². The number of aromatic nitrogens is 4. The van der Waals surface area contributed by atoms with Crippen LogP contribution in [0.3, 0.4) is 0 Å². The summed E-state index contributed by atoms with van der Waals surface area (Å²) in [4.78, 5) is 8.62. The van der Waals surface area contributed by atoms with Crippen molar-refractivity contribution in [2.75, 3.05) is 35.4 Å². The Morgan fingerprint density at radius 3 is 2.79 bits per heavy atom. The Bertz CT molecular complexity index is 984. The van der Waals surface area contributed by atoms with E-state index in [0.717, 1.165) is 5.69 Å². The van der Waals surface area contributed by atoms with E-state index in [2.05, 4.69) is 25.7 Å². The molecular weight excluding hydrogens is 420 g/mol. The van der Waals surface area contributed by atoms with Gasteiger partial charge in [0, 0.05) is 24.9 Å². The fourth-order valence-electron chi connectivity index (χ4n) is 3.61. The highest BCUT2D eigenvalue weighted by Gasteiger charge is 2.48. The topological polar surface area (TPSA) is 120 Å². The number of aryl methyl sites for hydroxylation is 1. The number of anilines is 3. The first-order chi connectivity index (χ1) is 13.8. The van der Waals surface area contributed by atoms with E-state index in [9.17, 15) is 8.42 Å². The molecule has 2 saturated heterocycles. The second kappa shape index (κ2) is 8.05. The lowest BCUT2D eigenvalue weighted by atomic mass is 10.0. The smallest absolute Gasteiger partial charge is 0.229 e. The number of hydrogen-bond donors (Lipinski definition) is 2. The number of hydrogen-bond acceptors (Lipinski definition) is 9. The molecule has 2 fully saturated rings. The molecule has 4 rings (SSSR count). The average molecular weight is 443 g/mol. The summed E-state index contributed by atoms with van der Waals surface area (Å²) in [7, 11) is -1.28. The van der Waals surface area contributed by atoms with Gasteiger partial charge in [-0.15, -0.1) is 0 Å². The predicted molar refractivity (Wildman–Crippen MR) is 108 cm³/mol. The van der Waals surface area contributed by atoms with Gasteiger partial charge in [-0.25, -0.2) is 13.4 Å². The van der Waals surface area contributed by atoms with Crippen molar-refractivity contribution in [3.63, 3.8) is 0 Å². The molecule has 12 heteroatoms. The van der Waals surface area contributed by atoms with Crippen LogP contribution in [0.5, 0.6) is 0 Å². The van der Waals surface area contributed by atoms with Crippen molar-refractivity contribution in [2.24, 2.45) is 13.0 Å². The molecule has 158 valence electrons. The first-order valence-corrected chi connectivity index (χ1v) is 11.5. The average Bonchev–Trinajstić information content (AvgIpc) is 3.37. The number of nitrogens with zero attached hydrogens (tertiary/aromatic N) is 4. The first kappa shape index (κ1) is 20.3. The van der Waals surface area contributed by atoms with Crippen LogP contribution in [-0.4, -0.2) is 71.1 Å². The van der Waals surface area contributed by atoms with Crippen molar-refractivity contribution in [2.45, 2.75) is 25.2 Å². The van der Waals surface area contributed by atoms with Gasteiger partial charge in [-0.1, -0.05) is 18.5 Å². The summed E-state index contributed by atoms with van der Waals surface area (Å²) < 4.78 is 37.4. The van der Waals surface area contributed by atoms with E-state index in [1.807, 2.05) is 7.05 Å². The highest BCUT2D eigenvalue weighted by Crippen LogP contribution is 2.34. The molecule has 0 saturated carbocycles. The zero-order valence-corrected chi connectivity index (χ0v) is 17.7. The highest BCUT2D eigenvalue weighted by molar-refractivity contribution is 7.91. The van der Waals surface area contributed by atoms with E-state index in [0.29, 0.717) is 30.0 Å². The largest absolute Gasteiger partial charge is 0.373 e. The molecule has 0 spiro atoms. The summed E-state index contributed by atoms with van der Waals surface area (Å²) in [5.74, 6) is 0.854. The standard InChI is InChI=1S/C17H23ClN6O4S/c1-3-29(25,26)9-10-7-27-15-13(8-28-14(10)15)22-16-12(18)5-19-17(23-16)21-11-4-20-24(2)6-11/h4-6,10,13-15H,3,7-9H2,1-2H3,(H2,19,21,22,23)/t10-,13-,14?,15?/m1/s1. The summed E-state index contributed by atoms with van der Waals surface area (Å²) in [5.41, 5.74) is 0.754. The van der Waals surface area contributed by atoms with Crippen molar-refractivity contribution in [1.29, 1.82) is 0 Å². The van der Waals surface area contributed by atoms with E-state index in [1.165, 1.54) is 6.20 Å². The van der Waals surface area contributed by atoms with Crippen LogP contribution in [0.25, 0.3) is 0 Å². The third-order valence-electron chi connectivity index (χ3n) is 5.09. The molecule has 0 bridgehead atoms. The molecule has 0 radical (unpaired) electrons. The van der Waals surface area contributed by atoms with Gasteiger partial charge in [-0.05, 0) is 0 Å². The SMILES string of the molecule is CCS(=O)(=O)C[C@H]1COC2C1OC[C@H]2Nc1nc(Nc2cnn(C)c2)ncc1Cl. The van der Waals surface area contributed by atoms with Gasteiger partial charge < -0.3 is 20.1 Å². The second-order valence-corrected chi connectivity index (χ2v) is 10.0. The van der Waals surface area contributed by atoms with E-state index in [1.54, 1.807) is 24.0 Å². The predicted octanol–water partition coefficient (Wildman–Crippen LogP) is 1.24. The normalized spacial score (nSPS) is 26.4. The third kappa shape index (κ3) is 4.47. The minimum absolute atomic E-state index is 0.0742. The minimum Gasteiger partial charge on any atom is -0.373 e. The van der Waals surface area contributed by atoms with Crippen LogP contribution in [-0.2, 0) is 26.4 Å². The van der Waals surface area contributed by atoms with Gasteiger partial charge in [0.05, 0.1) is 49.2 Å². The number of ether oxygens (including phenoxy) is 2. The van der Waals surface area contributed by atoms with E-state index in [-0.39, 0.29) is 35.7 Å². The lowest BCUT2D eigenvalue weighted by Gasteiger charge is -2.19. The van der Waals surface area contributed by atoms with Crippen LogP contribution < -0.4 is 10.6 Å². The summed E-state index contributed by atoms with van der Waals surface area (Å²) >= 11 is 6.27. The number of halogens is 1. The van der Waals surface area contributed by atoms with Gasteiger partial charge >= 0.3 is 0 Å². The fraction of sp³-hybridized carbons (Fsp3) is 0.588. The van der Waals surface area contributed by atoms with Gasteiger partial charge in [0.25, 0.3) is 0 Å². The van der Waals surface area contributed by atoms with Crippen LogP contribution in [0, 0.1) is 5.92 Å². The van der Waals surface area contributed by atoms with Crippen LogP contribution in [0.15, 0.2) is 18.6 Å². The molecule has 2 unspecified atom stereocenters. The maximum absolute atomic E-state index is 12.0. The lowest BCUT2D eigenvalue weighted by Crippen LogP contribution is -2.36. The molecule has 2 aliphatic rings. The molecule has 29 heavy (non-hydrogen) atoms. The van der Waals surface area contributed by atoms with Gasteiger partial charge in [0.1, 0.15) is 11.1 Å². The molecule has 2 aliphatic heterocycles. The lowest BCUT2D eigenvalue weighted by molar-refractivity contribution is 0.0656. The summed E-state index contributed by atoms with van der Waals surface area (Å²) in [6.45, 7) is 2.39. The molecule has 0 amide bonds. The van der Waals surface area contributed by atoms with Crippen molar-refractivity contribution >= 4 is 38.9 Å². The van der Waals surface area contributed by atoms with Crippen molar-refractivity contribution < 1.29 is 17.9 Å². The Kier molecular flexibility index (Phi) is 5.65. The zero-order chi connectivity index (χ0) is 20.6. The minimum atomic E-state index is -3.10. The second-order valence-electron chi connectivity index (χ2n) is 7.22. The number of fused-ring (bicyclic) bond motifs is 1. The van der Waals surface area contributed by atoms with Gasteiger partial charge in [0.2, 0.25) is 5.95 Å². The molecule has 0 aromatic carbocycles. The molecule has 4 heterocycles. The Hall–Kier alpha value is -1.95. The van der Waals surface area contributed by atoms with E-state index >= 15 is 0 Å². The summed E-state index contributed by atoms with van der Waals surface area (Å²) in [5, 5.41) is 10.8. The van der Waals surface area contributed by atoms with Crippen LogP contribution >= 0.6 is 11.6 Å². The fourth-order valence-corrected chi connectivity index (χ4v) is 4.93. The van der Waals surface area contributed by atoms with Crippen molar-refractivity contribution in [3.8, 4) is 0 Å². The molecule has 2 aromatic rings. The number of nitrogens with one attached hydrogen (secondary N) is 2. The zero-order valence-electron chi connectivity index (χ0n) is 16.1.